The summed E-state index contributed by atoms with van der Waals surface area (Å²) in [6, 6.07) is 5.52. The van der Waals surface area contributed by atoms with Crippen LogP contribution in [0.4, 0.5) is 0 Å². The predicted octanol–water partition coefficient (Wildman–Crippen LogP) is 1.74. The normalized spacial score (nSPS) is 22.1. The molecule has 1 fully saturated rings. The highest BCUT2D eigenvalue weighted by molar-refractivity contribution is 9.10. The highest BCUT2D eigenvalue weighted by Gasteiger charge is 2.29. The van der Waals surface area contributed by atoms with Gasteiger partial charge in [0.15, 0.2) is 0 Å². The van der Waals surface area contributed by atoms with Crippen molar-refractivity contribution in [2.24, 2.45) is 0 Å². The van der Waals surface area contributed by atoms with E-state index in [1.165, 1.54) is 0 Å². The molecule has 0 aliphatic carbocycles. The Morgan fingerprint density at radius 3 is 2.78 bits per heavy atom. The van der Waals surface area contributed by atoms with Crippen molar-refractivity contribution in [2.75, 3.05) is 19.6 Å². The van der Waals surface area contributed by atoms with E-state index in [1.54, 1.807) is 10.4 Å². The first-order valence-electron chi connectivity index (χ1n) is 5.91. The summed E-state index contributed by atoms with van der Waals surface area (Å²) >= 11 is 3.34. The third-order valence-electron chi connectivity index (χ3n) is 3.04. The minimum Gasteiger partial charge on any atom is -0.312 e. The van der Waals surface area contributed by atoms with Crippen molar-refractivity contribution in [3.8, 4) is 0 Å². The number of nitrogens with one attached hydrogen (secondary N) is 1. The lowest BCUT2D eigenvalue weighted by molar-refractivity contribution is 0.310. The molecule has 1 aliphatic rings. The quantitative estimate of drug-likeness (QED) is 0.897. The van der Waals surface area contributed by atoms with Crippen molar-refractivity contribution >= 4 is 26.0 Å². The summed E-state index contributed by atoms with van der Waals surface area (Å²) in [6.07, 6.45) is 0. The molecular formula is C12H17BrN2O2S. The van der Waals surface area contributed by atoms with Gasteiger partial charge in [-0.2, -0.15) is 4.31 Å². The van der Waals surface area contributed by atoms with E-state index in [9.17, 15) is 8.42 Å². The van der Waals surface area contributed by atoms with Gasteiger partial charge in [0.2, 0.25) is 10.0 Å². The Labute approximate surface area is 117 Å². The van der Waals surface area contributed by atoms with Crippen LogP contribution in [0.3, 0.4) is 0 Å². The molecule has 0 amide bonds. The summed E-state index contributed by atoms with van der Waals surface area (Å²) in [5.74, 6) is 0. The number of piperazine rings is 1. The summed E-state index contributed by atoms with van der Waals surface area (Å²) in [7, 11) is -3.40. The van der Waals surface area contributed by atoms with Crippen LogP contribution in [0.15, 0.2) is 27.6 Å². The second-order valence-electron chi connectivity index (χ2n) is 4.65. The Hall–Kier alpha value is -0.430. The van der Waals surface area contributed by atoms with E-state index >= 15 is 0 Å². The first-order chi connectivity index (χ1) is 8.41. The lowest BCUT2D eigenvalue weighted by Gasteiger charge is -2.31. The minimum atomic E-state index is -3.40. The molecule has 1 N–H and O–H groups in total. The van der Waals surface area contributed by atoms with Crippen molar-refractivity contribution in [3.05, 3.63) is 28.2 Å². The van der Waals surface area contributed by atoms with Crippen molar-refractivity contribution in [3.63, 3.8) is 0 Å². The van der Waals surface area contributed by atoms with Gasteiger partial charge in [-0.3, -0.25) is 0 Å². The van der Waals surface area contributed by atoms with Crippen molar-refractivity contribution < 1.29 is 8.42 Å². The zero-order valence-electron chi connectivity index (χ0n) is 10.5. The highest BCUT2D eigenvalue weighted by atomic mass is 79.9. The van der Waals surface area contributed by atoms with Gasteiger partial charge < -0.3 is 5.32 Å². The lowest BCUT2D eigenvalue weighted by Crippen LogP contribution is -2.51. The summed E-state index contributed by atoms with van der Waals surface area (Å²) in [4.78, 5) is 0.349. The van der Waals surface area contributed by atoms with Crippen LogP contribution in [0, 0.1) is 6.92 Å². The van der Waals surface area contributed by atoms with E-state index in [4.69, 9.17) is 0 Å². The third kappa shape index (κ3) is 2.77. The van der Waals surface area contributed by atoms with Crippen LogP contribution in [0.5, 0.6) is 0 Å². The Balaban J connectivity index is 2.35. The molecule has 0 unspecified atom stereocenters. The highest BCUT2D eigenvalue weighted by Crippen LogP contribution is 2.26. The van der Waals surface area contributed by atoms with Gasteiger partial charge in [0.25, 0.3) is 0 Å². The number of halogens is 1. The van der Waals surface area contributed by atoms with Gasteiger partial charge in [-0.1, -0.05) is 6.07 Å². The van der Waals surface area contributed by atoms with Crippen LogP contribution < -0.4 is 5.32 Å². The van der Waals surface area contributed by atoms with Gasteiger partial charge in [-0.05, 0) is 47.5 Å². The summed E-state index contributed by atoms with van der Waals surface area (Å²) in [5, 5.41) is 3.24. The van der Waals surface area contributed by atoms with Crippen LogP contribution in [-0.2, 0) is 10.0 Å². The van der Waals surface area contributed by atoms with E-state index in [-0.39, 0.29) is 6.04 Å². The zero-order valence-corrected chi connectivity index (χ0v) is 12.9. The molecule has 1 aromatic rings. The maximum atomic E-state index is 12.5. The molecule has 18 heavy (non-hydrogen) atoms. The van der Waals surface area contributed by atoms with Gasteiger partial charge in [0, 0.05) is 30.1 Å². The van der Waals surface area contributed by atoms with Crippen LogP contribution in [0.1, 0.15) is 12.5 Å². The van der Waals surface area contributed by atoms with Gasteiger partial charge in [0.05, 0.1) is 4.90 Å². The molecule has 1 aromatic carbocycles. The molecule has 100 valence electrons. The van der Waals surface area contributed by atoms with Crippen LogP contribution in [0.25, 0.3) is 0 Å². The Kier molecular flexibility index (Phi) is 4.11. The molecular weight excluding hydrogens is 316 g/mol. The number of rotatable bonds is 2. The van der Waals surface area contributed by atoms with E-state index in [0.717, 1.165) is 5.56 Å². The summed E-state index contributed by atoms with van der Waals surface area (Å²) in [6.45, 7) is 5.67. The van der Waals surface area contributed by atoms with Gasteiger partial charge >= 0.3 is 0 Å². The predicted molar refractivity (Wildman–Crippen MR) is 75.1 cm³/mol. The molecule has 0 aromatic heterocycles. The average molecular weight is 333 g/mol. The van der Waals surface area contributed by atoms with Crippen molar-refractivity contribution in [2.45, 2.75) is 24.8 Å². The maximum absolute atomic E-state index is 12.5. The van der Waals surface area contributed by atoms with Crippen molar-refractivity contribution in [1.82, 2.24) is 9.62 Å². The molecule has 2 rings (SSSR count). The van der Waals surface area contributed by atoms with E-state index in [1.807, 2.05) is 26.0 Å². The second-order valence-corrected chi connectivity index (χ2v) is 7.41. The SMILES string of the molecule is Cc1ccc(S(=O)(=O)N2CCN[C@@H](C)C2)c(Br)c1. The molecule has 1 heterocycles. The van der Waals surface area contributed by atoms with Crippen LogP contribution >= 0.6 is 15.9 Å². The monoisotopic (exact) mass is 332 g/mol. The first-order valence-corrected chi connectivity index (χ1v) is 8.14. The molecule has 0 spiro atoms. The number of benzene rings is 1. The molecule has 0 bridgehead atoms. The Morgan fingerprint density at radius 2 is 2.17 bits per heavy atom. The Bertz CT molecular complexity index is 545. The number of sulfonamides is 1. The van der Waals surface area contributed by atoms with E-state index in [2.05, 4.69) is 21.2 Å². The van der Waals surface area contributed by atoms with Crippen LogP contribution in [0.2, 0.25) is 0 Å². The number of aryl methyl sites for hydroxylation is 1. The molecule has 1 atom stereocenters. The smallest absolute Gasteiger partial charge is 0.244 e. The number of nitrogens with zero attached hydrogens (tertiary/aromatic N) is 1. The summed E-state index contributed by atoms with van der Waals surface area (Å²) < 4.78 is 27.2. The standard InChI is InChI=1S/C12H17BrN2O2S/c1-9-3-4-12(11(13)7-9)18(16,17)15-6-5-14-10(2)8-15/h3-4,7,10,14H,5-6,8H2,1-2H3/t10-/m0/s1. The first kappa shape index (κ1) is 14.0. The topological polar surface area (TPSA) is 49.4 Å². The van der Waals surface area contributed by atoms with Gasteiger partial charge in [-0.25, -0.2) is 8.42 Å². The second kappa shape index (κ2) is 5.28. The molecule has 1 aliphatic heterocycles. The molecule has 0 saturated carbocycles. The van der Waals surface area contributed by atoms with Crippen molar-refractivity contribution in [1.29, 1.82) is 0 Å². The van der Waals surface area contributed by atoms with E-state index < -0.39 is 10.0 Å². The fraction of sp³-hybridized carbons (Fsp3) is 0.500. The fourth-order valence-corrected chi connectivity index (χ4v) is 4.75. The fourth-order valence-electron chi connectivity index (χ4n) is 2.07. The zero-order chi connectivity index (χ0) is 13.3. The average Bonchev–Trinajstić information content (AvgIpc) is 2.28. The van der Waals surface area contributed by atoms with Gasteiger partial charge in [0.1, 0.15) is 0 Å². The van der Waals surface area contributed by atoms with Gasteiger partial charge in [-0.15, -0.1) is 0 Å². The van der Waals surface area contributed by atoms with E-state index in [0.29, 0.717) is 29.0 Å². The minimum absolute atomic E-state index is 0.192. The molecule has 0 radical (unpaired) electrons. The Morgan fingerprint density at radius 1 is 1.44 bits per heavy atom. The number of hydrogen-bond acceptors (Lipinski definition) is 3. The lowest BCUT2D eigenvalue weighted by atomic mass is 10.2. The maximum Gasteiger partial charge on any atom is 0.244 e. The summed E-state index contributed by atoms with van der Waals surface area (Å²) in [5.41, 5.74) is 1.04. The van der Waals surface area contributed by atoms with Crippen LogP contribution in [-0.4, -0.2) is 38.4 Å². The molecule has 6 heteroatoms. The molecule has 4 nitrogen and oxygen atoms in total. The third-order valence-corrected chi connectivity index (χ3v) is 5.88. The molecule has 1 saturated heterocycles. The largest absolute Gasteiger partial charge is 0.312 e. The number of hydrogen-bond donors (Lipinski definition) is 1.